The smallest absolute Gasteiger partial charge is 0.237 e. The summed E-state index contributed by atoms with van der Waals surface area (Å²) < 4.78 is 22.7. The first kappa shape index (κ1) is 12.8. The molecule has 0 unspecified atom stereocenters. The standard InChI is InChI=1S/C12H13NO4S/c1-12(7-10(14)13-11(12)15)8-3-5-9(6-4-8)18(2,16)17/h3-6H,7H2,1-2H3,(H,13,14,15)/t12-/m1/s1. The van der Waals surface area contributed by atoms with Crippen LogP contribution in [0.1, 0.15) is 18.9 Å². The Morgan fingerprint density at radius 1 is 1.17 bits per heavy atom. The SMILES string of the molecule is C[C@]1(c2ccc(S(C)(=O)=O)cc2)CC(=O)NC1=O. The summed E-state index contributed by atoms with van der Waals surface area (Å²) in [5.74, 6) is -0.658. The van der Waals surface area contributed by atoms with Gasteiger partial charge in [0, 0.05) is 12.7 Å². The van der Waals surface area contributed by atoms with Gasteiger partial charge in [0.2, 0.25) is 11.8 Å². The van der Waals surface area contributed by atoms with E-state index in [0.29, 0.717) is 5.56 Å². The summed E-state index contributed by atoms with van der Waals surface area (Å²) in [6.45, 7) is 1.67. The summed E-state index contributed by atoms with van der Waals surface area (Å²) in [7, 11) is -3.25. The second-order valence-corrected chi connectivity index (χ2v) is 6.70. The largest absolute Gasteiger partial charge is 0.296 e. The van der Waals surface area contributed by atoms with E-state index in [1.807, 2.05) is 0 Å². The Morgan fingerprint density at radius 3 is 2.11 bits per heavy atom. The molecule has 1 saturated heterocycles. The first-order chi connectivity index (χ1) is 8.23. The van der Waals surface area contributed by atoms with E-state index in [-0.39, 0.29) is 23.1 Å². The van der Waals surface area contributed by atoms with E-state index < -0.39 is 15.3 Å². The number of imide groups is 1. The molecule has 5 nitrogen and oxygen atoms in total. The summed E-state index contributed by atoms with van der Waals surface area (Å²) in [5.41, 5.74) is -0.272. The van der Waals surface area contributed by atoms with Gasteiger partial charge in [0.15, 0.2) is 9.84 Å². The molecular formula is C12H13NO4S. The third-order valence-electron chi connectivity index (χ3n) is 3.19. The maximum atomic E-state index is 11.7. The lowest BCUT2D eigenvalue weighted by atomic mass is 9.81. The number of amides is 2. The minimum atomic E-state index is -3.25. The van der Waals surface area contributed by atoms with Crippen molar-refractivity contribution in [3.63, 3.8) is 0 Å². The maximum absolute atomic E-state index is 11.7. The zero-order valence-corrected chi connectivity index (χ0v) is 10.9. The average molecular weight is 267 g/mol. The van der Waals surface area contributed by atoms with Crippen molar-refractivity contribution in [2.75, 3.05) is 6.26 Å². The Kier molecular flexibility index (Phi) is 2.77. The van der Waals surface area contributed by atoms with E-state index in [0.717, 1.165) is 6.26 Å². The minimum Gasteiger partial charge on any atom is -0.296 e. The van der Waals surface area contributed by atoms with Crippen LogP contribution < -0.4 is 5.32 Å². The fraction of sp³-hybridized carbons (Fsp3) is 0.333. The van der Waals surface area contributed by atoms with Gasteiger partial charge >= 0.3 is 0 Å². The monoisotopic (exact) mass is 267 g/mol. The summed E-state index contributed by atoms with van der Waals surface area (Å²) in [6, 6.07) is 6.06. The van der Waals surface area contributed by atoms with Crippen molar-refractivity contribution in [2.45, 2.75) is 23.7 Å². The van der Waals surface area contributed by atoms with E-state index in [2.05, 4.69) is 5.32 Å². The van der Waals surface area contributed by atoms with Crippen LogP contribution in [-0.2, 0) is 24.8 Å². The third kappa shape index (κ3) is 2.03. The number of carbonyl (C=O) groups is 2. The number of rotatable bonds is 2. The van der Waals surface area contributed by atoms with Crippen LogP contribution in [0, 0.1) is 0 Å². The van der Waals surface area contributed by atoms with Gasteiger partial charge in [-0.15, -0.1) is 0 Å². The van der Waals surface area contributed by atoms with Gasteiger partial charge in [0.05, 0.1) is 10.3 Å². The lowest BCUT2D eigenvalue weighted by molar-refractivity contribution is -0.126. The van der Waals surface area contributed by atoms with Crippen LogP contribution in [0.15, 0.2) is 29.2 Å². The number of benzene rings is 1. The molecule has 1 N–H and O–H groups in total. The maximum Gasteiger partial charge on any atom is 0.237 e. The molecule has 1 aliphatic heterocycles. The molecule has 0 radical (unpaired) electrons. The molecule has 1 aromatic rings. The van der Waals surface area contributed by atoms with Crippen LogP contribution in [0.5, 0.6) is 0 Å². The van der Waals surface area contributed by atoms with E-state index in [4.69, 9.17) is 0 Å². The average Bonchev–Trinajstić information content (AvgIpc) is 2.53. The van der Waals surface area contributed by atoms with E-state index in [1.54, 1.807) is 19.1 Å². The van der Waals surface area contributed by atoms with Gasteiger partial charge in [-0.3, -0.25) is 14.9 Å². The molecule has 6 heteroatoms. The van der Waals surface area contributed by atoms with Crippen LogP contribution in [-0.4, -0.2) is 26.5 Å². The van der Waals surface area contributed by atoms with Gasteiger partial charge < -0.3 is 0 Å². The van der Waals surface area contributed by atoms with Gasteiger partial charge in [-0.05, 0) is 24.6 Å². The highest BCUT2D eigenvalue weighted by Gasteiger charge is 2.43. The quantitative estimate of drug-likeness (QED) is 0.786. The Hall–Kier alpha value is -1.69. The number of nitrogens with one attached hydrogen (secondary N) is 1. The second-order valence-electron chi connectivity index (χ2n) is 4.68. The normalized spacial score (nSPS) is 24.1. The van der Waals surface area contributed by atoms with Gasteiger partial charge in [0.25, 0.3) is 0 Å². The zero-order valence-electron chi connectivity index (χ0n) is 10.1. The predicted octanol–water partition coefficient (Wildman–Crippen LogP) is 0.394. The third-order valence-corrected chi connectivity index (χ3v) is 4.32. The number of hydrogen-bond acceptors (Lipinski definition) is 4. The molecule has 2 rings (SSSR count). The Labute approximate surface area is 105 Å². The molecule has 2 amide bonds. The van der Waals surface area contributed by atoms with E-state index >= 15 is 0 Å². The topological polar surface area (TPSA) is 80.3 Å². The van der Waals surface area contributed by atoms with E-state index in [9.17, 15) is 18.0 Å². The van der Waals surface area contributed by atoms with Crippen LogP contribution in [0.25, 0.3) is 0 Å². The van der Waals surface area contributed by atoms with Crippen molar-refractivity contribution in [3.8, 4) is 0 Å². The molecule has 1 heterocycles. The molecule has 96 valence electrons. The molecule has 1 aliphatic rings. The Bertz CT molecular complexity index is 618. The lowest BCUT2D eigenvalue weighted by Gasteiger charge is -2.20. The number of sulfone groups is 1. The first-order valence-corrected chi connectivity index (χ1v) is 7.27. The minimum absolute atomic E-state index is 0.0874. The van der Waals surface area contributed by atoms with Crippen LogP contribution in [0.4, 0.5) is 0 Å². The summed E-state index contributed by atoms with van der Waals surface area (Å²) in [4.78, 5) is 23.2. The van der Waals surface area contributed by atoms with Crippen LogP contribution in [0.3, 0.4) is 0 Å². The molecule has 1 aromatic carbocycles. The van der Waals surface area contributed by atoms with Crippen molar-refractivity contribution in [1.29, 1.82) is 0 Å². The molecule has 1 fully saturated rings. The highest BCUT2D eigenvalue weighted by atomic mass is 32.2. The fourth-order valence-electron chi connectivity index (χ4n) is 2.01. The summed E-state index contributed by atoms with van der Waals surface area (Å²) in [6.07, 6.45) is 1.21. The molecule has 18 heavy (non-hydrogen) atoms. The molecule has 0 aliphatic carbocycles. The van der Waals surface area contributed by atoms with E-state index in [1.165, 1.54) is 12.1 Å². The molecule has 0 spiro atoms. The van der Waals surface area contributed by atoms with Crippen molar-refractivity contribution >= 4 is 21.7 Å². The summed E-state index contributed by atoms with van der Waals surface area (Å²) >= 11 is 0. The Morgan fingerprint density at radius 2 is 1.72 bits per heavy atom. The van der Waals surface area contributed by atoms with Gasteiger partial charge in [-0.2, -0.15) is 0 Å². The van der Waals surface area contributed by atoms with Crippen molar-refractivity contribution in [2.24, 2.45) is 0 Å². The second kappa shape index (κ2) is 3.91. The van der Waals surface area contributed by atoms with Crippen molar-refractivity contribution in [3.05, 3.63) is 29.8 Å². The van der Waals surface area contributed by atoms with Gasteiger partial charge in [-0.25, -0.2) is 8.42 Å². The Balaban J connectivity index is 2.42. The van der Waals surface area contributed by atoms with Crippen LogP contribution in [0.2, 0.25) is 0 Å². The van der Waals surface area contributed by atoms with Crippen LogP contribution >= 0.6 is 0 Å². The van der Waals surface area contributed by atoms with Crippen molar-refractivity contribution in [1.82, 2.24) is 5.32 Å². The highest BCUT2D eigenvalue weighted by Crippen LogP contribution is 2.32. The number of hydrogen-bond donors (Lipinski definition) is 1. The van der Waals surface area contributed by atoms with Gasteiger partial charge in [-0.1, -0.05) is 12.1 Å². The first-order valence-electron chi connectivity index (χ1n) is 5.38. The highest BCUT2D eigenvalue weighted by molar-refractivity contribution is 7.90. The van der Waals surface area contributed by atoms with Gasteiger partial charge in [0.1, 0.15) is 0 Å². The molecule has 1 atom stereocenters. The molecule has 0 bridgehead atoms. The molecule has 0 saturated carbocycles. The lowest BCUT2D eigenvalue weighted by Crippen LogP contribution is -2.32. The number of carbonyl (C=O) groups excluding carboxylic acids is 2. The zero-order chi connectivity index (χ0) is 13.6. The summed E-state index contributed by atoms with van der Waals surface area (Å²) in [5, 5.41) is 2.25. The van der Waals surface area contributed by atoms with Crippen molar-refractivity contribution < 1.29 is 18.0 Å². The molecule has 0 aromatic heterocycles. The molecular weight excluding hydrogens is 254 g/mol. The predicted molar refractivity (Wildman–Crippen MR) is 64.7 cm³/mol. The fourth-order valence-corrected chi connectivity index (χ4v) is 2.64.